The summed E-state index contributed by atoms with van der Waals surface area (Å²) in [7, 11) is 0. The minimum Gasteiger partial charge on any atom is -0.455 e. The molecule has 3 rings (SSSR count). The van der Waals surface area contributed by atoms with E-state index >= 15 is 0 Å². The van der Waals surface area contributed by atoms with Gasteiger partial charge in [0.05, 0.1) is 4.47 Å². The zero-order valence-corrected chi connectivity index (χ0v) is 13.8. The van der Waals surface area contributed by atoms with E-state index in [1.807, 2.05) is 6.07 Å². The molecular weight excluding hydrogens is 403 g/mol. The second-order valence-electron chi connectivity index (χ2n) is 4.38. The van der Waals surface area contributed by atoms with Crippen LogP contribution < -0.4 is 10.5 Å². The predicted molar refractivity (Wildman–Crippen MR) is 88.0 cm³/mol. The lowest BCUT2D eigenvalue weighted by molar-refractivity contribution is 0.484. The smallest absolute Gasteiger partial charge is 0.153 e. The Morgan fingerprint density at radius 1 is 1.10 bits per heavy atom. The standard InChI is InChI=1S/C15H9Br2FN2O/c16-8-5-10-13(19)3-4-14(15(10)20-7-8)21-9-1-2-12(18)11(17)6-9/h1-7H,19H2. The number of nitrogens with two attached hydrogens (primary N) is 1. The average molecular weight is 412 g/mol. The van der Waals surface area contributed by atoms with E-state index in [2.05, 4.69) is 36.8 Å². The highest BCUT2D eigenvalue weighted by atomic mass is 79.9. The van der Waals surface area contributed by atoms with Crippen LogP contribution in [0.25, 0.3) is 10.9 Å². The van der Waals surface area contributed by atoms with Gasteiger partial charge in [0.1, 0.15) is 17.1 Å². The van der Waals surface area contributed by atoms with E-state index in [0.29, 0.717) is 27.2 Å². The van der Waals surface area contributed by atoms with E-state index in [-0.39, 0.29) is 5.82 Å². The Morgan fingerprint density at radius 3 is 2.67 bits per heavy atom. The molecule has 21 heavy (non-hydrogen) atoms. The van der Waals surface area contributed by atoms with Crippen molar-refractivity contribution in [2.75, 3.05) is 5.73 Å². The van der Waals surface area contributed by atoms with Gasteiger partial charge in [0.2, 0.25) is 0 Å². The zero-order chi connectivity index (χ0) is 15.0. The molecule has 0 fully saturated rings. The Balaban J connectivity index is 2.08. The maximum Gasteiger partial charge on any atom is 0.153 e. The summed E-state index contributed by atoms with van der Waals surface area (Å²) in [5.74, 6) is 0.732. The number of nitrogens with zero attached hydrogens (tertiary/aromatic N) is 1. The number of rotatable bonds is 2. The third kappa shape index (κ3) is 2.87. The van der Waals surface area contributed by atoms with E-state index in [1.54, 1.807) is 30.5 Å². The molecule has 0 radical (unpaired) electrons. The van der Waals surface area contributed by atoms with Gasteiger partial charge in [0.15, 0.2) is 5.75 Å². The first-order valence-electron chi connectivity index (χ1n) is 6.01. The molecule has 6 heteroatoms. The number of anilines is 1. The molecule has 2 N–H and O–H groups in total. The zero-order valence-electron chi connectivity index (χ0n) is 10.6. The summed E-state index contributed by atoms with van der Waals surface area (Å²) in [6.07, 6.45) is 1.68. The first-order valence-corrected chi connectivity index (χ1v) is 7.60. The lowest BCUT2D eigenvalue weighted by Crippen LogP contribution is -1.93. The monoisotopic (exact) mass is 410 g/mol. The maximum absolute atomic E-state index is 13.3. The molecule has 0 saturated heterocycles. The lowest BCUT2D eigenvalue weighted by Gasteiger charge is -2.10. The van der Waals surface area contributed by atoms with Crippen molar-refractivity contribution in [2.24, 2.45) is 0 Å². The highest BCUT2D eigenvalue weighted by Crippen LogP contribution is 2.34. The van der Waals surface area contributed by atoms with E-state index in [0.717, 1.165) is 9.86 Å². The summed E-state index contributed by atoms with van der Waals surface area (Å²) in [6, 6.07) is 9.84. The fourth-order valence-corrected chi connectivity index (χ4v) is 2.63. The Bertz CT molecular complexity index is 839. The third-order valence-corrected chi connectivity index (χ3v) is 3.97. The number of aromatic nitrogens is 1. The SMILES string of the molecule is Nc1ccc(Oc2ccc(F)c(Br)c2)c2ncc(Br)cc12. The van der Waals surface area contributed by atoms with Crippen molar-refractivity contribution < 1.29 is 9.13 Å². The van der Waals surface area contributed by atoms with Gasteiger partial charge in [-0.15, -0.1) is 0 Å². The number of benzene rings is 2. The molecule has 1 heterocycles. The van der Waals surface area contributed by atoms with Crippen LogP contribution >= 0.6 is 31.9 Å². The third-order valence-electron chi connectivity index (χ3n) is 2.93. The Kier molecular flexibility index (Phi) is 3.82. The van der Waals surface area contributed by atoms with Gasteiger partial charge in [-0.2, -0.15) is 0 Å². The van der Waals surface area contributed by atoms with Gasteiger partial charge in [0.25, 0.3) is 0 Å². The molecule has 0 unspecified atom stereocenters. The van der Waals surface area contributed by atoms with Crippen LogP contribution in [0.2, 0.25) is 0 Å². The molecule has 0 aliphatic heterocycles. The molecule has 1 aromatic heterocycles. The van der Waals surface area contributed by atoms with Crippen LogP contribution in [0.4, 0.5) is 10.1 Å². The quantitative estimate of drug-likeness (QED) is 0.584. The number of hydrogen-bond donors (Lipinski definition) is 1. The van der Waals surface area contributed by atoms with Gasteiger partial charge in [-0.05, 0) is 68.3 Å². The molecule has 3 aromatic rings. The second-order valence-corrected chi connectivity index (χ2v) is 6.15. The normalized spacial score (nSPS) is 10.8. The Morgan fingerprint density at radius 2 is 1.90 bits per heavy atom. The summed E-state index contributed by atoms with van der Waals surface area (Å²) in [5, 5.41) is 0.794. The number of nitrogen functional groups attached to an aromatic ring is 1. The molecule has 3 nitrogen and oxygen atoms in total. The van der Waals surface area contributed by atoms with Crippen molar-refractivity contribution in [3.63, 3.8) is 0 Å². The van der Waals surface area contributed by atoms with Crippen LogP contribution in [0.5, 0.6) is 11.5 Å². The van der Waals surface area contributed by atoms with Crippen LogP contribution in [-0.4, -0.2) is 4.98 Å². The van der Waals surface area contributed by atoms with Crippen LogP contribution in [0, 0.1) is 5.82 Å². The van der Waals surface area contributed by atoms with Crippen LogP contribution in [0.3, 0.4) is 0 Å². The molecule has 0 saturated carbocycles. The van der Waals surface area contributed by atoms with Crippen LogP contribution in [0.1, 0.15) is 0 Å². The van der Waals surface area contributed by atoms with Crippen LogP contribution in [-0.2, 0) is 0 Å². The molecule has 0 aliphatic rings. The minimum absolute atomic E-state index is 0.341. The highest BCUT2D eigenvalue weighted by molar-refractivity contribution is 9.10. The highest BCUT2D eigenvalue weighted by Gasteiger charge is 2.09. The predicted octanol–water partition coefficient (Wildman–Crippen LogP) is 5.27. The fraction of sp³-hybridized carbons (Fsp3) is 0. The minimum atomic E-state index is -0.341. The molecular formula is C15H9Br2FN2O. The molecule has 0 spiro atoms. The first-order chi connectivity index (χ1) is 10.0. The molecule has 0 bridgehead atoms. The van der Waals surface area contributed by atoms with Gasteiger partial charge < -0.3 is 10.5 Å². The van der Waals surface area contributed by atoms with Crippen molar-refractivity contribution in [1.29, 1.82) is 0 Å². The van der Waals surface area contributed by atoms with Crippen molar-refractivity contribution in [2.45, 2.75) is 0 Å². The number of ether oxygens (including phenoxy) is 1. The second kappa shape index (κ2) is 5.61. The van der Waals surface area contributed by atoms with Gasteiger partial charge in [-0.3, -0.25) is 4.98 Å². The number of halogens is 3. The fourth-order valence-electron chi connectivity index (χ4n) is 1.94. The van der Waals surface area contributed by atoms with Crippen molar-refractivity contribution in [3.8, 4) is 11.5 Å². The maximum atomic E-state index is 13.3. The molecule has 2 aromatic carbocycles. The number of fused-ring (bicyclic) bond motifs is 1. The van der Waals surface area contributed by atoms with Crippen molar-refractivity contribution in [1.82, 2.24) is 4.98 Å². The molecule has 0 aliphatic carbocycles. The largest absolute Gasteiger partial charge is 0.455 e. The average Bonchev–Trinajstić information content (AvgIpc) is 2.46. The first kappa shape index (κ1) is 14.3. The molecule has 0 atom stereocenters. The molecule has 0 amide bonds. The van der Waals surface area contributed by atoms with E-state index in [9.17, 15) is 4.39 Å². The van der Waals surface area contributed by atoms with Crippen molar-refractivity contribution in [3.05, 3.63) is 57.4 Å². The summed E-state index contributed by atoms with van der Waals surface area (Å²) in [6.45, 7) is 0. The van der Waals surface area contributed by atoms with Gasteiger partial charge in [-0.1, -0.05) is 0 Å². The van der Waals surface area contributed by atoms with E-state index < -0.39 is 0 Å². The van der Waals surface area contributed by atoms with E-state index in [1.165, 1.54) is 6.07 Å². The summed E-state index contributed by atoms with van der Waals surface area (Å²) >= 11 is 6.50. The van der Waals surface area contributed by atoms with Gasteiger partial charge in [-0.25, -0.2) is 4.39 Å². The summed E-state index contributed by atoms with van der Waals surface area (Å²) in [5.41, 5.74) is 7.23. The van der Waals surface area contributed by atoms with E-state index in [4.69, 9.17) is 10.5 Å². The molecule has 106 valence electrons. The lowest BCUT2D eigenvalue weighted by atomic mass is 10.1. The summed E-state index contributed by atoms with van der Waals surface area (Å²) in [4.78, 5) is 4.34. The summed E-state index contributed by atoms with van der Waals surface area (Å²) < 4.78 is 20.2. The Hall–Kier alpha value is -1.66. The van der Waals surface area contributed by atoms with Crippen molar-refractivity contribution >= 4 is 48.5 Å². The Labute approximate surface area is 137 Å². The van der Waals surface area contributed by atoms with Gasteiger partial charge in [0, 0.05) is 21.7 Å². The number of pyridine rings is 1. The van der Waals surface area contributed by atoms with Crippen LogP contribution in [0.15, 0.2) is 51.5 Å². The number of hydrogen-bond acceptors (Lipinski definition) is 3. The van der Waals surface area contributed by atoms with Gasteiger partial charge >= 0.3 is 0 Å². The topological polar surface area (TPSA) is 48.1 Å².